The summed E-state index contributed by atoms with van der Waals surface area (Å²) in [5.74, 6) is -14.3. The van der Waals surface area contributed by atoms with Crippen LogP contribution in [0.15, 0.2) is 73.1 Å². The smallest absolute Gasteiger partial charge is 0.329 e. The van der Waals surface area contributed by atoms with Crippen molar-refractivity contribution in [3.05, 3.63) is 107 Å². The molecule has 1 saturated heterocycles. The number of benzene rings is 2. The van der Waals surface area contributed by atoms with Crippen molar-refractivity contribution in [2.45, 2.75) is 219 Å². The van der Waals surface area contributed by atoms with Crippen LogP contribution in [-0.2, 0) is 83.2 Å². The van der Waals surface area contributed by atoms with Gasteiger partial charge >= 0.3 is 23.9 Å². The number of nitrogens with zero attached hydrogens (tertiary/aromatic N) is 8. The van der Waals surface area contributed by atoms with E-state index in [1.54, 1.807) is 82.4 Å². The molecular formula is C68H92F4N8O12. The lowest BCUT2D eigenvalue weighted by atomic mass is 9.79. The summed E-state index contributed by atoms with van der Waals surface area (Å²) in [6.45, 7) is 17.7. The lowest BCUT2D eigenvalue weighted by Gasteiger charge is -2.35. The first-order valence-corrected chi connectivity index (χ1v) is 32.0. The van der Waals surface area contributed by atoms with Gasteiger partial charge in [-0.2, -0.15) is 10.2 Å². The Labute approximate surface area is 536 Å². The molecular weight excluding hydrogens is 1200 g/mol. The van der Waals surface area contributed by atoms with Gasteiger partial charge < -0.3 is 38.5 Å². The topological polar surface area (TPSA) is 222 Å². The first-order chi connectivity index (χ1) is 43.1. The predicted octanol–water partition coefficient (Wildman–Crippen LogP) is 9.18. The van der Waals surface area contributed by atoms with Crippen LogP contribution in [0.5, 0.6) is 0 Å². The van der Waals surface area contributed by atoms with E-state index in [1.165, 1.54) is 42.0 Å². The Kier molecular flexibility index (Phi) is 23.7. The molecule has 7 rings (SSSR count). The Morgan fingerprint density at radius 1 is 0.413 bits per heavy atom. The molecule has 8 atom stereocenters. The van der Waals surface area contributed by atoms with Crippen LogP contribution in [0.2, 0.25) is 0 Å². The number of hydrogen-bond donors (Lipinski definition) is 0. The average molecular weight is 1290 g/mol. The quantitative estimate of drug-likeness (QED) is 0.0515. The summed E-state index contributed by atoms with van der Waals surface area (Å²) in [5, 5.41) is 8.76. The number of hydrogen-bond acceptors (Lipinski definition) is 14. The Morgan fingerprint density at radius 3 is 0.946 bits per heavy atom. The predicted molar refractivity (Wildman–Crippen MR) is 332 cm³/mol. The van der Waals surface area contributed by atoms with E-state index in [9.17, 15) is 46.3 Å². The van der Waals surface area contributed by atoms with Crippen molar-refractivity contribution in [2.75, 3.05) is 28.2 Å². The molecule has 0 radical (unpaired) electrons. The number of cyclic esters (lactones) is 4. The number of alkyl halides is 4. The highest BCUT2D eigenvalue weighted by Gasteiger charge is 2.49. The lowest BCUT2D eigenvalue weighted by Crippen LogP contribution is -2.55. The number of likely N-dealkylation sites (N-methyl/N-ethyl adjacent to an activating group) is 4. The van der Waals surface area contributed by atoms with E-state index in [0.717, 1.165) is 30.7 Å². The maximum atomic E-state index is 15.1. The SMILES string of the molecule is CC(C)CC1C(=O)O[C@H](C)C(=O)N(C)[C@@H](CC(C)C)C(=O)O[C@H](Cc2ccc(Cn3nccc3C3CC(F)(F)C3)cc2)C(=O)N(C)[C@@H](CC(C)C)C(=O)O[C@H](C)C(=O)N(C)[C@@H](CC(C)C)C(=O)O[C@H](Cc2ccc(Cn3nccc3C3CC(F)(F)C3)cc2)C(=O)N1C. The normalized spacial score (nSPS) is 24.8. The number of ether oxygens (including phenoxy) is 4. The molecule has 504 valence electrons. The van der Waals surface area contributed by atoms with Crippen molar-refractivity contribution in [2.24, 2.45) is 23.7 Å². The van der Waals surface area contributed by atoms with E-state index in [-0.39, 0.29) is 113 Å². The van der Waals surface area contributed by atoms with Gasteiger partial charge in [-0.15, -0.1) is 0 Å². The fraction of sp³-hybridized carbons (Fsp3) is 0.618. The number of aromatic nitrogens is 4. The van der Waals surface area contributed by atoms with Crippen molar-refractivity contribution in [3.63, 3.8) is 0 Å². The molecule has 0 spiro atoms. The minimum absolute atomic E-state index is 0.0211. The highest BCUT2D eigenvalue weighted by molar-refractivity contribution is 5.94. The van der Waals surface area contributed by atoms with Gasteiger partial charge in [0.25, 0.3) is 23.6 Å². The Bertz CT molecular complexity index is 3000. The molecule has 2 saturated carbocycles. The van der Waals surface area contributed by atoms with Gasteiger partial charge in [-0.1, -0.05) is 104 Å². The fourth-order valence-corrected chi connectivity index (χ4v) is 12.2. The summed E-state index contributed by atoms with van der Waals surface area (Å²) in [6, 6.07) is 12.0. The van der Waals surface area contributed by atoms with Gasteiger partial charge in [0.15, 0.2) is 24.4 Å². The van der Waals surface area contributed by atoms with Gasteiger partial charge in [0.1, 0.15) is 24.2 Å². The third-order valence-corrected chi connectivity index (χ3v) is 17.5. The average Bonchev–Trinajstić information content (AvgIpc) is 1.42. The van der Waals surface area contributed by atoms with E-state index >= 15 is 9.59 Å². The van der Waals surface area contributed by atoms with Crippen LogP contribution in [0.25, 0.3) is 0 Å². The number of amides is 4. The van der Waals surface area contributed by atoms with Crippen molar-refractivity contribution < 1.29 is 74.9 Å². The molecule has 3 fully saturated rings. The molecule has 4 amide bonds. The van der Waals surface area contributed by atoms with Crippen LogP contribution < -0.4 is 0 Å². The summed E-state index contributed by atoms with van der Waals surface area (Å²) in [5.41, 5.74) is 3.92. The molecule has 92 heavy (non-hydrogen) atoms. The lowest BCUT2D eigenvalue weighted by molar-refractivity contribution is -0.176. The van der Waals surface area contributed by atoms with Crippen LogP contribution in [-0.4, -0.2) is 175 Å². The molecule has 24 heteroatoms. The van der Waals surface area contributed by atoms with Gasteiger partial charge in [-0.25, -0.2) is 36.7 Å². The zero-order valence-corrected chi connectivity index (χ0v) is 55.5. The third kappa shape index (κ3) is 18.3. The number of esters is 4. The second-order valence-corrected chi connectivity index (χ2v) is 27.2. The van der Waals surface area contributed by atoms with E-state index in [2.05, 4.69) is 10.2 Å². The summed E-state index contributed by atoms with van der Waals surface area (Å²) in [4.78, 5) is 123. The fourth-order valence-electron chi connectivity index (χ4n) is 12.2. The van der Waals surface area contributed by atoms with Crippen molar-refractivity contribution in [1.29, 1.82) is 0 Å². The molecule has 2 aliphatic carbocycles. The van der Waals surface area contributed by atoms with Crippen LogP contribution in [0, 0.1) is 23.7 Å². The molecule has 2 aromatic carbocycles. The second-order valence-electron chi connectivity index (χ2n) is 27.2. The van der Waals surface area contributed by atoms with Gasteiger partial charge in [-0.05, 0) is 97.6 Å². The first-order valence-electron chi connectivity index (χ1n) is 32.0. The number of rotatable bonds is 18. The van der Waals surface area contributed by atoms with Crippen molar-refractivity contribution >= 4 is 47.5 Å². The molecule has 4 aromatic rings. The van der Waals surface area contributed by atoms with Crippen LogP contribution >= 0.6 is 0 Å². The maximum absolute atomic E-state index is 15.1. The highest BCUT2D eigenvalue weighted by Crippen LogP contribution is 2.49. The molecule has 2 aromatic heterocycles. The Morgan fingerprint density at radius 2 is 0.674 bits per heavy atom. The van der Waals surface area contributed by atoms with E-state index in [1.807, 2.05) is 55.4 Å². The zero-order chi connectivity index (χ0) is 67.8. The largest absolute Gasteiger partial charge is 0.451 e. The Hall–Kier alpha value is -7.66. The second kappa shape index (κ2) is 30.4. The third-order valence-electron chi connectivity index (χ3n) is 17.5. The van der Waals surface area contributed by atoms with Gasteiger partial charge in [0.05, 0.1) is 13.1 Å². The maximum Gasteiger partial charge on any atom is 0.329 e. The molecule has 0 N–H and O–H groups in total. The van der Waals surface area contributed by atoms with Crippen LogP contribution in [0.3, 0.4) is 0 Å². The van der Waals surface area contributed by atoms with Crippen molar-refractivity contribution in [3.8, 4) is 0 Å². The first kappa shape index (κ1) is 71.8. The minimum atomic E-state index is -2.73. The number of halogens is 4. The molecule has 3 heterocycles. The van der Waals surface area contributed by atoms with Crippen LogP contribution in [0.4, 0.5) is 17.6 Å². The van der Waals surface area contributed by atoms with E-state index in [4.69, 9.17) is 18.9 Å². The number of carbonyl (C=O) groups excluding carboxylic acids is 8. The number of carbonyl (C=O) groups is 8. The minimum Gasteiger partial charge on any atom is -0.451 e. The zero-order valence-electron chi connectivity index (χ0n) is 55.5. The molecule has 20 nitrogen and oxygen atoms in total. The van der Waals surface area contributed by atoms with Crippen LogP contribution in [0.1, 0.15) is 166 Å². The summed E-state index contributed by atoms with van der Waals surface area (Å²) in [7, 11) is 5.39. The molecule has 1 unspecified atom stereocenters. The summed E-state index contributed by atoms with van der Waals surface area (Å²) < 4.78 is 83.1. The Balaban J connectivity index is 1.22. The summed E-state index contributed by atoms with van der Waals surface area (Å²) >= 11 is 0. The summed E-state index contributed by atoms with van der Waals surface area (Å²) in [6.07, 6.45) is -4.68. The van der Waals surface area contributed by atoms with Gasteiger partial charge in [-0.3, -0.25) is 28.5 Å². The molecule has 3 aliphatic rings. The monoisotopic (exact) mass is 1290 g/mol. The van der Waals surface area contributed by atoms with Gasteiger partial charge in [0.2, 0.25) is 11.8 Å². The molecule has 1 aliphatic heterocycles. The van der Waals surface area contributed by atoms with Gasteiger partial charge in [0, 0.05) is 102 Å². The van der Waals surface area contributed by atoms with Crippen molar-refractivity contribution in [1.82, 2.24) is 39.2 Å². The highest BCUT2D eigenvalue weighted by atomic mass is 19.3. The van der Waals surface area contributed by atoms with E-state index < -0.39 is 108 Å². The standard InChI is InChI=1S/C68H92F4N8O12/c1-39(2)27-53-63(85)89-43(9)59(81)75(11)56(30-42(7)8)66(88)92-58(32-46-17-21-48(22-18-46)38-80-52(24-26-74-80)50-35-68(71,72)36-50)62(84)78(14)54(28-40(3)4)64(86)90-44(10)60(82)76(12)55(29-41(5)6)65(87)91-57(61(83)77(53)13)31-45-15-19-47(20-16-45)37-79-51(23-25-73-79)49-33-67(69,70)34-49/h15-26,39-44,49-50,53-58H,27-38H2,1-14H3/t43-,44-,53+,54?,55+,56+,57-,58-/m1/s1. The van der Waals surface area contributed by atoms with E-state index in [0.29, 0.717) is 22.5 Å². The molecule has 0 bridgehead atoms.